The molecule has 0 aliphatic rings. The molecule has 8 nitrogen and oxygen atoms in total. The lowest BCUT2D eigenvalue weighted by Gasteiger charge is -2.13. The van der Waals surface area contributed by atoms with Gasteiger partial charge in [-0.1, -0.05) is 35.9 Å². The maximum atomic E-state index is 12.9. The van der Waals surface area contributed by atoms with Gasteiger partial charge in [0.1, 0.15) is 5.70 Å². The Labute approximate surface area is 208 Å². The molecule has 0 radical (unpaired) electrons. The zero-order valence-electron chi connectivity index (χ0n) is 19.4. The van der Waals surface area contributed by atoms with Crippen LogP contribution in [-0.4, -0.2) is 44.3 Å². The first-order valence-corrected chi connectivity index (χ1v) is 10.9. The van der Waals surface area contributed by atoms with Crippen LogP contribution < -0.4 is 20.4 Å². The smallest absolute Gasteiger partial charge is 0.287 e. The van der Waals surface area contributed by atoms with E-state index in [4.69, 9.17) is 16.3 Å². The van der Waals surface area contributed by atoms with Crippen molar-refractivity contribution < 1.29 is 19.4 Å². The summed E-state index contributed by atoms with van der Waals surface area (Å²) in [7, 11) is 5.28. The number of anilines is 1. The van der Waals surface area contributed by atoms with E-state index in [2.05, 4.69) is 15.8 Å². The summed E-state index contributed by atoms with van der Waals surface area (Å²) in [6.07, 6.45) is 2.93. The number of hydrogen-bond donors (Lipinski definition) is 3. The lowest BCUT2D eigenvalue weighted by atomic mass is 10.1. The second kappa shape index (κ2) is 11.7. The summed E-state index contributed by atoms with van der Waals surface area (Å²) in [5.41, 5.74) is 4.90. The SMILES string of the molecule is COc1cc(/C=N/NC(=O)C(=Cc2ccc(N(C)C)cc2)NC(=O)c2ccccc2Cl)ccc1O. The molecule has 0 spiro atoms. The predicted octanol–water partition coefficient (Wildman–Crippen LogP) is 4.04. The van der Waals surface area contributed by atoms with E-state index in [9.17, 15) is 14.7 Å². The fourth-order valence-electron chi connectivity index (χ4n) is 3.03. The summed E-state index contributed by atoms with van der Waals surface area (Å²) in [6.45, 7) is 0. The first kappa shape index (κ1) is 25.3. The standard InChI is InChI=1S/C26H25ClN4O4/c1-31(2)19-11-8-17(9-12-19)14-22(29-25(33)20-6-4-5-7-21(20)27)26(34)30-28-16-18-10-13-23(32)24(15-18)35-3/h4-16,32H,1-3H3,(H,29,33)(H,30,34)/b22-14?,28-16+. The minimum atomic E-state index is -0.635. The second-order valence-corrected chi connectivity index (χ2v) is 8.02. The minimum Gasteiger partial charge on any atom is -0.504 e. The van der Waals surface area contributed by atoms with Crippen molar-refractivity contribution in [1.82, 2.24) is 10.7 Å². The van der Waals surface area contributed by atoms with Gasteiger partial charge in [-0.15, -0.1) is 0 Å². The number of nitrogens with one attached hydrogen (secondary N) is 2. The zero-order chi connectivity index (χ0) is 25.4. The number of phenolic OH excluding ortho intramolecular Hbond substituents is 1. The number of rotatable bonds is 8. The average molecular weight is 493 g/mol. The Morgan fingerprint density at radius 2 is 1.71 bits per heavy atom. The Hall–Kier alpha value is -4.30. The van der Waals surface area contributed by atoms with Crippen LogP contribution in [0.2, 0.25) is 5.02 Å². The molecule has 0 saturated heterocycles. The number of carbonyl (C=O) groups is 2. The van der Waals surface area contributed by atoms with Crippen molar-refractivity contribution >= 4 is 41.4 Å². The first-order valence-electron chi connectivity index (χ1n) is 10.5. The third kappa shape index (κ3) is 6.84. The van der Waals surface area contributed by atoms with Crippen molar-refractivity contribution in [3.05, 3.63) is 94.1 Å². The minimum absolute atomic E-state index is 0.0125. The molecule has 0 heterocycles. The van der Waals surface area contributed by atoms with Gasteiger partial charge in [-0.05, 0) is 59.7 Å². The topological polar surface area (TPSA) is 103 Å². The number of ether oxygens (including phenoxy) is 1. The van der Waals surface area contributed by atoms with Gasteiger partial charge in [-0.3, -0.25) is 9.59 Å². The van der Waals surface area contributed by atoms with Gasteiger partial charge >= 0.3 is 0 Å². The number of phenols is 1. The van der Waals surface area contributed by atoms with E-state index in [-0.39, 0.29) is 27.8 Å². The van der Waals surface area contributed by atoms with Gasteiger partial charge in [-0.25, -0.2) is 5.43 Å². The van der Waals surface area contributed by atoms with E-state index in [1.54, 1.807) is 42.5 Å². The summed E-state index contributed by atoms with van der Waals surface area (Å²) in [5, 5.41) is 16.6. The lowest BCUT2D eigenvalue weighted by molar-refractivity contribution is -0.117. The van der Waals surface area contributed by atoms with Gasteiger partial charge < -0.3 is 20.1 Å². The van der Waals surface area contributed by atoms with Crippen LogP contribution in [0.1, 0.15) is 21.5 Å². The first-order chi connectivity index (χ1) is 16.8. The summed E-state index contributed by atoms with van der Waals surface area (Å²) < 4.78 is 5.07. The number of nitrogens with zero attached hydrogens (tertiary/aromatic N) is 2. The van der Waals surface area contributed by atoms with Crippen LogP contribution in [0.3, 0.4) is 0 Å². The molecule has 180 valence electrons. The molecule has 0 fully saturated rings. The highest BCUT2D eigenvalue weighted by molar-refractivity contribution is 6.34. The Bertz CT molecular complexity index is 1270. The van der Waals surface area contributed by atoms with Crippen molar-refractivity contribution in [3.63, 3.8) is 0 Å². The Morgan fingerprint density at radius 1 is 1.03 bits per heavy atom. The number of carbonyl (C=O) groups excluding carboxylic acids is 2. The maximum absolute atomic E-state index is 12.9. The van der Waals surface area contributed by atoms with E-state index in [1.165, 1.54) is 19.4 Å². The molecule has 0 bridgehead atoms. The van der Waals surface area contributed by atoms with Gasteiger partial charge in [0.15, 0.2) is 11.5 Å². The molecule has 0 saturated carbocycles. The third-order valence-electron chi connectivity index (χ3n) is 4.92. The molecule has 0 atom stereocenters. The van der Waals surface area contributed by atoms with E-state index < -0.39 is 11.8 Å². The van der Waals surface area contributed by atoms with Crippen molar-refractivity contribution in [2.75, 3.05) is 26.1 Å². The van der Waals surface area contributed by atoms with Crippen LogP contribution in [0.25, 0.3) is 6.08 Å². The van der Waals surface area contributed by atoms with E-state index >= 15 is 0 Å². The molecule has 3 rings (SSSR count). The Balaban J connectivity index is 1.84. The van der Waals surface area contributed by atoms with Gasteiger partial charge in [0.25, 0.3) is 11.8 Å². The van der Waals surface area contributed by atoms with E-state index in [0.29, 0.717) is 11.1 Å². The van der Waals surface area contributed by atoms with Gasteiger partial charge in [0, 0.05) is 19.8 Å². The Morgan fingerprint density at radius 3 is 2.37 bits per heavy atom. The summed E-state index contributed by atoms with van der Waals surface area (Å²) in [4.78, 5) is 27.7. The molecule has 0 unspecified atom stereocenters. The zero-order valence-corrected chi connectivity index (χ0v) is 20.2. The molecule has 3 aromatic carbocycles. The van der Waals surface area contributed by atoms with Gasteiger partial charge in [0.05, 0.1) is 23.9 Å². The largest absolute Gasteiger partial charge is 0.504 e. The molecule has 0 aliphatic carbocycles. The monoisotopic (exact) mass is 492 g/mol. The van der Waals surface area contributed by atoms with Crippen molar-refractivity contribution in [3.8, 4) is 11.5 Å². The molecule has 3 N–H and O–H groups in total. The van der Waals surface area contributed by atoms with Crippen molar-refractivity contribution in [2.45, 2.75) is 0 Å². The van der Waals surface area contributed by atoms with Crippen LogP contribution in [0.4, 0.5) is 5.69 Å². The summed E-state index contributed by atoms with van der Waals surface area (Å²) in [6, 6.07) is 18.6. The highest BCUT2D eigenvalue weighted by Crippen LogP contribution is 2.25. The van der Waals surface area contributed by atoms with Crippen LogP contribution >= 0.6 is 11.6 Å². The lowest BCUT2D eigenvalue weighted by Crippen LogP contribution is -2.33. The number of amides is 2. The van der Waals surface area contributed by atoms with Crippen molar-refractivity contribution in [1.29, 1.82) is 0 Å². The van der Waals surface area contributed by atoms with Gasteiger partial charge in [-0.2, -0.15) is 5.10 Å². The molecular weight excluding hydrogens is 468 g/mol. The molecule has 2 amide bonds. The molecular formula is C26H25ClN4O4. The van der Waals surface area contributed by atoms with E-state index in [0.717, 1.165) is 5.69 Å². The van der Waals surface area contributed by atoms with Crippen LogP contribution in [0.5, 0.6) is 11.5 Å². The molecule has 0 aliphatic heterocycles. The number of halogens is 1. The summed E-state index contributed by atoms with van der Waals surface area (Å²) >= 11 is 6.14. The summed E-state index contributed by atoms with van der Waals surface area (Å²) in [5.74, 6) is -0.909. The highest BCUT2D eigenvalue weighted by atomic mass is 35.5. The number of benzene rings is 3. The second-order valence-electron chi connectivity index (χ2n) is 7.61. The van der Waals surface area contributed by atoms with Crippen LogP contribution in [0.15, 0.2) is 77.5 Å². The highest BCUT2D eigenvalue weighted by Gasteiger charge is 2.16. The normalized spacial score (nSPS) is 11.3. The molecule has 9 heteroatoms. The number of methoxy groups -OCH3 is 1. The molecule has 0 aromatic heterocycles. The maximum Gasteiger partial charge on any atom is 0.287 e. The van der Waals surface area contributed by atoms with Crippen LogP contribution in [0, 0.1) is 0 Å². The average Bonchev–Trinajstić information content (AvgIpc) is 2.85. The number of hydrazone groups is 1. The van der Waals surface area contributed by atoms with Crippen molar-refractivity contribution in [2.24, 2.45) is 5.10 Å². The van der Waals surface area contributed by atoms with Gasteiger partial charge in [0.2, 0.25) is 0 Å². The molecule has 3 aromatic rings. The third-order valence-corrected chi connectivity index (χ3v) is 5.24. The number of aromatic hydroxyl groups is 1. The molecule has 35 heavy (non-hydrogen) atoms. The predicted molar refractivity (Wildman–Crippen MR) is 138 cm³/mol. The van der Waals surface area contributed by atoms with Crippen LogP contribution in [-0.2, 0) is 4.79 Å². The van der Waals surface area contributed by atoms with E-state index in [1.807, 2.05) is 43.3 Å². The fraction of sp³-hybridized carbons (Fsp3) is 0.115. The Kier molecular flexibility index (Phi) is 8.48. The quantitative estimate of drug-likeness (QED) is 0.250. The number of hydrogen-bond acceptors (Lipinski definition) is 6. The fourth-order valence-corrected chi connectivity index (χ4v) is 3.25.